The summed E-state index contributed by atoms with van der Waals surface area (Å²) in [5.74, 6) is 0.212. The van der Waals surface area contributed by atoms with Crippen molar-refractivity contribution in [3.63, 3.8) is 0 Å². The minimum atomic E-state index is -0.697. The fourth-order valence-corrected chi connectivity index (χ4v) is 2.86. The Bertz CT molecular complexity index is 665. The molecule has 1 aliphatic carbocycles. The largest absolute Gasteiger partial charge is 0.481 e. The fraction of sp³-hybridized carbons (Fsp3) is 0.533. The van der Waals surface area contributed by atoms with E-state index in [0.717, 1.165) is 29.9 Å². The first-order valence-electron chi connectivity index (χ1n) is 7.38. The molecule has 2 aromatic heterocycles. The number of carboxylic acids is 1. The summed E-state index contributed by atoms with van der Waals surface area (Å²) in [6.07, 6.45) is 5.80. The highest BCUT2D eigenvalue weighted by Crippen LogP contribution is 2.29. The molecule has 0 aromatic carbocycles. The lowest BCUT2D eigenvalue weighted by atomic mass is 10.1. The van der Waals surface area contributed by atoms with E-state index in [4.69, 9.17) is 5.11 Å². The van der Waals surface area contributed by atoms with Crippen molar-refractivity contribution in [3.05, 3.63) is 24.2 Å². The summed E-state index contributed by atoms with van der Waals surface area (Å²) in [5.41, 5.74) is 1.97. The molecule has 2 N–H and O–H groups in total. The summed E-state index contributed by atoms with van der Waals surface area (Å²) in [6, 6.07) is 2.21. The van der Waals surface area contributed by atoms with Gasteiger partial charge in [0.05, 0.1) is 11.6 Å². The van der Waals surface area contributed by atoms with Gasteiger partial charge in [-0.05, 0) is 31.2 Å². The Morgan fingerprint density at radius 3 is 2.95 bits per heavy atom. The molecular formula is C15H20N4O2. The van der Waals surface area contributed by atoms with E-state index < -0.39 is 5.97 Å². The third-order valence-corrected chi connectivity index (χ3v) is 4.12. The third kappa shape index (κ3) is 2.70. The van der Waals surface area contributed by atoms with Gasteiger partial charge in [0.2, 0.25) is 0 Å². The van der Waals surface area contributed by atoms with E-state index in [2.05, 4.69) is 29.2 Å². The Labute approximate surface area is 123 Å². The van der Waals surface area contributed by atoms with Crippen molar-refractivity contribution < 1.29 is 9.90 Å². The van der Waals surface area contributed by atoms with E-state index >= 15 is 0 Å². The van der Waals surface area contributed by atoms with Crippen molar-refractivity contribution in [3.8, 4) is 0 Å². The molecule has 1 saturated carbocycles. The number of nitrogens with zero attached hydrogens (tertiary/aromatic N) is 3. The average molecular weight is 288 g/mol. The first-order chi connectivity index (χ1) is 10.0. The maximum absolute atomic E-state index is 11.0. The smallest absolute Gasteiger partial charge is 0.306 e. The molecule has 0 spiro atoms. The maximum Gasteiger partial charge on any atom is 0.306 e. The van der Waals surface area contributed by atoms with Crippen LogP contribution in [0.1, 0.15) is 44.7 Å². The fourth-order valence-electron chi connectivity index (χ4n) is 2.86. The standard InChI is InChI=1S/C15H20N4O2/c1-9(2)12-8-13-14(16-5-6-19(13)18-12)17-11-4-3-10(7-11)15(20)21/h5-6,8-11H,3-4,7H2,1-2H3,(H,16,17)(H,20,21)/t10-,11+/m1/s1. The lowest BCUT2D eigenvalue weighted by Gasteiger charge is -2.13. The van der Waals surface area contributed by atoms with E-state index in [0.29, 0.717) is 12.3 Å². The van der Waals surface area contributed by atoms with Crippen LogP contribution in [-0.4, -0.2) is 31.7 Å². The number of carbonyl (C=O) groups is 1. The van der Waals surface area contributed by atoms with Crippen molar-refractivity contribution in [1.29, 1.82) is 0 Å². The van der Waals surface area contributed by atoms with E-state index in [9.17, 15) is 4.79 Å². The van der Waals surface area contributed by atoms with E-state index in [1.165, 1.54) is 0 Å². The molecule has 0 unspecified atom stereocenters. The predicted molar refractivity (Wildman–Crippen MR) is 79.5 cm³/mol. The van der Waals surface area contributed by atoms with Gasteiger partial charge in [-0.1, -0.05) is 13.8 Å². The Morgan fingerprint density at radius 2 is 2.29 bits per heavy atom. The monoisotopic (exact) mass is 288 g/mol. The molecule has 3 rings (SSSR count). The van der Waals surface area contributed by atoms with E-state index in [-0.39, 0.29) is 12.0 Å². The number of carboxylic acid groups (broad SMARTS) is 1. The van der Waals surface area contributed by atoms with Gasteiger partial charge in [0, 0.05) is 18.4 Å². The highest BCUT2D eigenvalue weighted by Gasteiger charge is 2.30. The molecule has 0 aliphatic heterocycles. The van der Waals surface area contributed by atoms with Crippen LogP contribution in [0.15, 0.2) is 18.5 Å². The Kier molecular flexibility index (Phi) is 3.53. The summed E-state index contributed by atoms with van der Waals surface area (Å²) >= 11 is 0. The zero-order chi connectivity index (χ0) is 15.0. The zero-order valence-corrected chi connectivity index (χ0v) is 12.3. The third-order valence-electron chi connectivity index (χ3n) is 4.12. The van der Waals surface area contributed by atoms with Crippen LogP contribution in [0, 0.1) is 5.92 Å². The molecule has 21 heavy (non-hydrogen) atoms. The summed E-state index contributed by atoms with van der Waals surface area (Å²) in [4.78, 5) is 15.4. The molecule has 6 heteroatoms. The summed E-state index contributed by atoms with van der Waals surface area (Å²) < 4.78 is 1.83. The van der Waals surface area contributed by atoms with Gasteiger partial charge < -0.3 is 10.4 Å². The number of hydrogen-bond acceptors (Lipinski definition) is 4. The van der Waals surface area contributed by atoms with Gasteiger partial charge >= 0.3 is 5.97 Å². The van der Waals surface area contributed by atoms with Crippen LogP contribution in [0.25, 0.3) is 5.52 Å². The molecule has 0 radical (unpaired) electrons. The predicted octanol–water partition coefficient (Wildman–Crippen LogP) is 2.52. The van der Waals surface area contributed by atoms with Crippen LogP contribution >= 0.6 is 0 Å². The molecule has 112 valence electrons. The van der Waals surface area contributed by atoms with Gasteiger partial charge in [-0.3, -0.25) is 4.79 Å². The van der Waals surface area contributed by atoms with Crippen LogP contribution in [0.2, 0.25) is 0 Å². The second-order valence-electron chi connectivity index (χ2n) is 6.02. The normalized spacial score (nSPS) is 22.0. The minimum Gasteiger partial charge on any atom is -0.481 e. The topological polar surface area (TPSA) is 79.5 Å². The second kappa shape index (κ2) is 5.35. The Morgan fingerprint density at radius 1 is 1.48 bits per heavy atom. The highest BCUT2D eigenvalue weighted by molar-refractivity contribution is 5.71. The molecule has 0 amide bonds. The molecule has 2 heterocycles. The molecule has 2 aromatic rings. The summed E-state index contributed by atoms with van der Waals surface area (Å²) in [7, 11) is 0. The number of rotatable bonds is 4. The van der Waals surface area contributed by atoms with Gasteiger partial charge in [0.25, 0.3) is 0 Å². The Hall–Kier alpha value is -2.11. The van der Waals surface area contributed by atoms with Crippen molar-refractivity contribution in [2.75, 3.05) is 5.32 Å². The lowest BCUT2D eigenvalue weighted by Crippen LogP contribution is -2.19. The molecule has 1 fully saturated rings. The molecular weight excluding hydrogens is 268 g/mol. The van der Waals surface area contributed by atoms with Gasteiger partial charge in [-0.2, -0.15) is 5.10 Å². The lowest BCUT2D eigenvalue weighted by molar-refractivity contribution is -0.141. The van der Waals surface area contributed by atoms with Crippen LogP contribution in [0.4, 0.5) is 5.82 Å². The number of aromatic nitrogens is 3. The Balaban J connectivity index is 1.82. The number of hydrogen-bond donors (Lipinski definition) is 2. The van der Waals surface area contributed by atoms with Crippen molar-refractivity contribution in [1.82, 2.24) is 14.6 Å². The maximum atomic E-state index is 11.0. The molecule has 0 bridgehead atoms. The van der Waals surface area contributed by atoms with Crippen LogP contribution in [-0.2, 0) is 4.79 Å². The summed E-state index contributed by atoms with van der Waals surface area (Å²) in [5, 5.41) is 17.0. The highest BCUT2D eigenvalue weighted by atomic mass is 16.4. The van der Waals surface area contributed by atoms with Crippen molar-refractivity contribution in [2.24, 2.45) is 5.92 Å². The molecule has 6 nitrogen and oxygen atoms in total. The summed E-state index contributed by atoms with van der Waals surface area (Å²) in [6.45, 7) is 4.22. The number of anilines is 1. The van der Waals surface area contributed by atoms with Crippen LogP contribution < -0.4 is 5.32 Å². The van der Waals surface area contributed by atoms with Crippen molar-refractivity contribution in [2.45, 2.75) is 45.1 Å². The SMILES string of the molecule is CC(C)c1cc2c(N[C@H]3CC[C@@H](C(=O)O)C3)nccn2n1. The van der Waals surface area contributed by atoms with Gasteiger partial charge in [-0.15, -0.1) is 0 Å². The van der Waals surface area contributed by atoms with Gasteiger partial charge in [-0.25, -0.2) is 9.50 Å². The number of nitrogens with one attached hydrogen (secondary N) is 1. The van der Waals surface area contributed by atoms with Crippen LogP contribution in [0.3, 0.4) is 0 Å². The zero-order valence-electron chi connectivity index (χ0n) is 12.3. The van der Waals surface area contributed by atoms with Crippen molar-refractivity contribution >= 4 is 17.3 Å². The number of fused-ring (bicyclic) bond motifs is 1. The molecule has 0 saturated heterocycles. The average Bonchev–Trinajstić information content (AvgIpc) is 3.05. The first-order valence-corrected chi connectivity index (χ1v) is 7.38. The van der Waals surface area contributed by atoms with E-state index in [1.54, 1.807) is 6.20 Å². The van der Waals surface area contributed by atoms with Gasteiger partial charge in [0.15, 0.2) is 5.82 Å². The number of aliphatic carboxylic acids is 1. The van der Waals surface area contributed by atoms with Crippen LogP contribution in [0.5, 0.6) is 0 Å². The molecule has 1 aliphatic rings. The molecule has 2 atom stereocenters. The quantitative estimate of drug-likeness (QED) is 0.903. The van der Waals surface area contributed by atoms with E-state index in [1.807, 2.05) is 16.8 Å². The second-order valence-corrected chi connectivity index (χ2v) is 6.02. The first kappa shape index (κ1) is 13.9. The minimum absolute atomic E-state index is 0.169. The van der Waals surface area contributed by atoms with Gasteiger partial charge in [0.1, 0.15) is 5.52 Å².